The lowest BCUT2D eigenvalue weighted by molar-refractivity contribution is -0.193. The molecule has 296 valence electrons. The third kappa shape index (κ3) is 18.8. The molecule has 0 unspecified atom stereocenters. The number of nitrogens with zero attached hydrogens (tertiary/aromatic N) is 1. The number of hydrogen-bond donors (Lipinski definition) is 7. The summed E-state index contributed by atoms with van der Waals surface area (Å²) in [6.07, 6.45) is -13.0. The number of nitrogens with one attached hydrogen (secondary N) is 2. The number of carboxylic acids is 3. The van der Waals surface area contributed by atoms with E-state index in [9.17, 15) is 44.3 Å². The van der Waals surface area contributed by atoms with Gasteiger partial charge in [0.2, 0.25) is 0 Å². The zero-order valence-electron chi connectivity index (χ0n) is 26.9. The number of amidine groups is 2. The third-order valence-electron chi connectivity index (χ3n) is 5.75. The average Bonchev–Trinajstić information content (AvgIpc) is 3.60. The Kier molecular flexibility index (Phi) is 19.2. The summed E-state index contributed by atoms with van der Waals surface area (Å²) in [5.74, 6) is -7.48. The minimum absolute atomic E-state index is 0.0325. The molecular weight excluding hydrogens is 749 g/mol. The molecule has 0 radical (unpaired) electrons. The van der Waals surface area contributed by atoms with Gasteiger partial charge in [0.1, 0.15) is 31.5 Å². The number of carboxylic acid groups (broad SMARTS) is 3. The first-order valence-corrected chi connectivity index (χ1v) is 14.3. The maximum Gasteiger partial charge on any atom is 0.490 e. The van der Waals surface area contributed by atoms with Crippen LogP contribution in [0.2, 0.25) is 0 Å². The van der Waals surface area contributed by atoms with Crippen LogP contribution in [0.25, 0.3) is 0 Å². The molecule has 0 saturated carbocycles. The predicted molar refractivity (Wildman–Crippen MR) is 163 cm³/mol. The Bertz CT molecular complexity index is 1490. The first-order valence-electron chi connectivity index (χ1n) is 14.3. The molecule has 0 aromatic heterocycles. The normalized spacial score (nSPS) is 12.3. The van der Waals surface area contributed by atoms with Crippen LogP contribution in [0, 0.1) is 10.8 Å². The molecule has 2 aromatic rings. The first kappa shape index (κ1) is 47.2. The molecule has 1 fully saturated rings. The number of carbonyl (C=O) groups is 4. The Labute approximate surface area is 292 Å². The fraction of sp³-hybridized carbons (Fsp3) is 0.379. The maximum absolute atomic E-state index is 12.3. The van der Waals surface area contributed by atoms with Crippen molar-refractivity contribution < 1.29 is 88.2 Å². The van der Waals surface area contributed by atoms with Gasteiger partial charge in [-0.15, -0.1) is 0 Å². The molecular formula is C29H32F9N5O10. The Morgan fingerprint density at radius 1 is 0.660 bits per heavy atom. The summed E-state index contributed by atoms with van der Waals surface area (Å²) in [5, 5.41) is 37.2. The van der Waals surface area contributed by atoms with Crippen molar-refractivity contribution in [3.05, 3.63) is 59.2 Å². The van der Waals surface area contributed by atoms with E-state index in [1.807, 2.05) is 4.90 Å². The van der Waals surface area contributed by atoms with Gasteiger partial charge in [-0.3, -0.25) is 10.8 Å². The van der Waals surface area contributed by atoms with E-state index in [-0.39, 0.29) is 19.0 Å². The van der Waals surface area contributed by atoms with Gasteiger partial charge in [0.15, 0.2) is 11.5 Å². The van der Waals surface area contributed by atoms with Crippen molar-refractivity contribution >= 4 is 35.5 Å². The monoisotopic (exact) mass is 781 g/mol. The molecule has 24 heteroatoms. The highest BCUT2D eigenvalue weighted by Gasteiger charge is 2.39. The molecule has 1 heterocycles. The number of carbonyl (C=O) groups excluding carboxylic acids is 1. The summed E-state index contributed by atoms with van der Waals surface area (Å²) in [7, 11) is 0. The van der Waals surface area contributed by atoms with E-state index in [1.165, 1.54) is 0 Å². The SMILES string of the molecule is N=C(N)c1ccc(OCCN)c(OCCOC(=O)c2ccc(C(=N)N3CCCC3)cc2)c1.O=C(O)C(F)(F)F.O=C(O)C(F)(F)F.O=C(O)C(F)(F)F. The second-order valence-corrected chi connectivity index (χ2v) is 9.73. The zero-order chi connectivity index (χ0) is 41.2. The molecule has 0 bridgehead atoms. The highest BCUT2D eigenvalue weighted by molar-refractivity contribution is 5.98. The summed E-state index contributed by atoms with van der Waals surface area (Å²) >= 11 is 0. The molecule has 53 heavy (non-hydrogen) atoms. The smallest absolute Gasteiger partial charge is 0.488 e. The van der Waals surface area contributed by atoms with Gasteiger partial charge in [-0.25, -0.2) is 19.2 Å². The van der Waals surface area contributed by atoms with E-state index in [0.29, 0.717) is 41.6 Å². The van der Waals surface area contributed by atoms with Gasteiger partial charge in [-0.2, -0.15) is 39.5 Å². The number of esters is 1. The van der Waals surface area contributed by atoms with Crippen LogP contribution in [0.4, 0.5) is 39.5 Å². The Hall–Kier alpha value is -5.81. The van der Waals surface area contributed by atoms with Crippen molar-refractivity contribution in [2.75, 3.05) is 39.5 Å². The number of alkyl halides is 9. The number of rotatable bonds is 10. The number of likely N-dealkylation sites (tertiary alicyclic amines) is 1. The number of benzene rings is 2. The molecule has 1 aliphatic rings. The van der Waals surface area contributed by atoms with Crippen molar-refractivity contribution in [3.63, 3.8) is 0 Å². The molecule has 9 N–H and O–H groups in total. The number of halogens is 9. The van der Waals surface area contributed by atoms with Crippen LogP contribution in [0.15, 0.2) is 42.5 Å². The van der Waals surface area contributed by atoms with E-state index in [4.69, 9.17) is 66.2 Å². The van der Waals surface area contributed by atoms with Crippen LogP contribution < -0.4 is 20.9 Å². The summed E-state index contributed by atoms with van der Waals surface area (Å²) in [6.45, 7) is 2.60. The van der Waals surface area contributed by atoms with E-state index in [2.05, 4.69) is 0 Å². The molecule has 0 amide bonds. The largest absolute Gasteiger partial charge is 0.490 e. The highest BCUT2D eigenvalue weighted by Crippen LogP contribution is 2.28. The van der Waals surface area contributed by atoms with Crippen LogP contribution in [0.5, 0.6) is 11.5 Å². The molecule has 1 saturated heterocycles. The Morgan fingerprint density at radius 2 is 1.06 bits per heavy atom. The highest BCUT2D eigenvalue weighted by atomic mass is 19.4. The predicted octanol–water partition coefficient (Wildman–Crippen LogP) is 3.87. The second-order valence-electron chi connectivity index (χ2n) is 9.73. The van der Waals surface area contributed by atoms with Crippen molar-refractivity contribution in [1.82, 2.24) is 4.90 Å². The molecule has 0 spiro atoms. The first-order chi connectivity index (χ1) is 24.3. The number of nitrogens with two attached hydrogens (primary N) is 2. The lowest BCUT2D eigenvalue weighted by Crippen LogP contribution is -2.27. The van der Waals surface area contributed by atoms with Gasteiger partial charge in [0, 0.05) is 30.8 Å². The summed E-state index contributed by atoms with van der Waals surface area (Å²) in [4.78, 5) is 41.0. The lowest BCUT2D eigenvalue weighted by atomic mass is 10.1. The van der Waals surface area contributed by atoms with Crippen molar-refractivity contribution in [1.29, 1.82) is 10.8 Å². The maximum atomic E-state index is 12.3. The fourth-order valence-corrected chi connectivity index (χ4v) is 3.33. The quantitative estimate of drug-likeness (QED) is 0.0595. The fourth-order valence-electron chi connectivity index (χ4n) is 3.33. The minimum atomic E-state index is -5.08. The van der Waals surface area contributed by atoms with Crippen LogP contribution >= 0.6 is 0 Å². The van der Waals surface area contributed by atoms with Gasteiger partial charge < -0.3 is 45.9 Å². The molecule has 3 rings (SSSR count). The number of ether oxygens (including phenoxy) is 3. The summed E-state index contributed by atoms with van der Waals surface area (Å²) < 4.78 is 112. The van der Waals surface area contributed by atoms with Crippen LogP contribution in [0.1, 0.15) is 34.3 Å². The van der Waals surface area contributed by atoms with E-state index in [1.54, 1.807) is 42.5 Å². The molecule has 0 atom stereocenters. The summed E-state index contributed by atoms with van der Waals surface area (Å²) in [5.41, 5.74) is 12.7. The van der Waals surface area contributed by atoms with Crippen LogP contribution in [-0.2, 0) is 19.1 Å². The lowest BCUT2D eigenvalue weighted by Gasteiger charge is -2.18. The van der Waals surface area contributed by atoms with E-state index < -0.39 is 42.4 Å². The minimum Gasteiger partial charge on any atom is -0.488 e. The van der Waals surface area contributed by atoms with Crippen molar-refractivity contribution in [2.24, 2.45) is 11.5 Å². The number of aliphatic carboxylic acids is 3. The Balaban J connectivity index is 0.00000105. The van der Waals surface area contributed by atoms with E-state index in [0.717, 1.165) is 31.5 Å². The molecule has 15 nitrogen and oxygen atoms in total. The Morgan fingerprint density at radius 3 is 1.45 bits per heavy atom. The molecule has 0 aliphatic carbocycles. The summed E-state index contributed by atoms with van der Waals surface area (Å²) in [6, 6.07) is 11.8. The van der Waals surface area contributed by atoms with Crippen LogP contribution in [-0.4, -0.2) is 114 Å². The second kappa shape index (κ2) is 21.5. The van der Waals surface area contributed by atoms with Crippen molar-refractivity contribution in [2.45, 2.75) is 31.4 Å². The van der Waals surface area contributed by atoms with Crippen LogP contribution in [0.3, 0.4) is 0 Å². The number of hydrogen-bond acceptors (Lipinski definition) is 10. The van der Waals surface area contributed by atoms with Gasteiger partial charge >= 0.3 is 42.4 Å². The van der Waals surface area contributed by atoms with Gasteiger partial charge in [0.05, 0.1) is 5.56 Å². The van der Waals surface area contributed by atoms with Gasteiger partial charge in [-0.05, 0) is 43.2 Å². The van der Waals surface area contributed by atoms with Gasteiger partial charge in [0.25, 0.3) is 0 Å². The number of nitrogen functional groups attached to an aromatic ring is 1. The van der Waals surface area contributed by atoms with Crippen molar-refractivity contribution in [3.8, 4) is 11.5 Å². The van der Waals surface area contributed by atoms with Gasteiger partial charge in [-0.1, -0.05) is 12.1 Å². The van der Waals surface area contributed by atoms with E-state index >= 15 is 0 Å². The average molecular weight is 782 g/mol. The molecule has 1 aliphatic heterocycles. The molecule has 2 aromatic carbocycles. The zero-order valence-corrected chi connectivity index (χ0v) is 26.9. The third-order valence-corrected chi connectivity index (χ3v) is 5.75. The standard InChI is InChI=1S/C23H29N5O4.3C2HF3O2/c24-9-12-30-19-8-7-18(21(25)26)15-20(19)31-13-14-32-23(29)17-5-3-16(4-6-17)22(27)28-10-1-2-11-28;3*3-2(4,5)1(6)7/h3-8,15,27H,1-2,9-14,24H2,(H3,25,26);3*(H,6,7). The topological polar surface area (TPSA) is 260 Å².